The van der Waals surface area contributed by atoms with Gasteiger partial charge in [-0.15, -0.1) is 0 Å². The van der Waals surface area contributed by atoms with Crippen molar-refractivity contribution < 1.29 is 27.9 Å². The number of carbonyl (C=O) groups excluding carboxylic acids is 1. The van der Waals surface area contributed by atoms with E-state index in [-0.39, 0.29) is 34.9 Å². The van der Waals surface area contributed by atoms with Gasteiger partial charge in [-0.3, -0.25) is 4.79 Å². The van der Waals surface area contributed by atoms with Gasteiger partial charge >= 0.3 is 12.3 Å². The number of carbonyl (C=O) groups is 2. The van der Waals surface area contributed by atoms with Gasteiger partial charge in [0.2, 0.25) is 0 Å². The fraction of sp³-hybridized carbons (Fsp3) is 0.611. The van der Waals surface area contributed by atoms with Crippen LogP contribution in [-0.2, 0) is 6.18 Å². The molecule has 1 saturated carbocycles. The highest BCUT2D eigenvalue weighted by Gasteiger charge is 2.42. The summed E-state index contributed by atoms with van der Waals surface area (Å²) in [5, 5.41) is 14.3. The lowest BCUT2D eigenvalue weighted by atomic mass is 10.0. The molecule has 1 saturated heterocycles. The Hall–Kier alpha value is -2.04. The van der Waals surface area contributed by atoms with Gasteiger partial charge < -0.3 is 20.6 Å². The Morgan fingerprint density at radius 1 is 1.41 bits per heavy atom. The van der Waals surface area contributed by atoms with Gasteiger partial charge in [-0.05, 0) is 55.0 Å². The number of alkyl halides is 3. The Morgan fingerprint density at radius 2 is 2.07 bits per heavy atom. The van der Waals surface area contributed by atoms with E-state index in [4.69, 9.17) is 5.11 Å². The van der Waals surface area contributed by atoms with Gasteiger partial charge in [0.05, 0.1) is 21.3 Å². The second-order valence-electron chi connectivity index (χ2n) is 7.94. The molecule has 2 aliphatic rings. The lowest BCUT2D eigenvalue weighted by Gasteiger charge is -2.28. The lowest BCUT2D eigenvalue weighted by molar-refractivity contribution is -0.141. The van der Waals surface area contributed by atoms with E-state index >= 15 is 0 Å². The van der Waals surface area contributed by atoms with Crippen molar-refractivity contribution >= 4 is 33.6 Å². The molecule has 0 unspecified atom stereocenters. The molecule has 3 N–H and O–H groups in total. The van der Waals surface area contributed by atoms with E-state index in [0.29, 0.717) is 12.3 Å². The first-order valence-corrected chi connectivity index (χ1v) is 10.0. The Labute approximate surface area is 174 Å². The number of pyridine rings is 1. The number of nitrogens with one attached hydrogen (secondary N) is 2. The Kier molecular flexibility index (Phi) is 5.72. The molecule has 1 aromatic rings. The molecule has 0 bridgehead atoms. The summed E-state index contributed by atoms with van der Waals surface area (Å²) in [6.07, 6.45) is -2.57. The van der Waals surface area contributed by atoms with Crippen molar-refractivity contribution in [1.29, 1.82) is 0 Å². The summed E-state index contributed by atoms with van der Waals surface area (Å²) in [6.45, 7) is 3.95. The van der Waals surface area contributed by atoms with Gasteiger partial charge in [0, 0.05) is 25.3 Å². The third kappa shape index (κ3) is 4.76. The van der Waals surface area contributed by atoms with Gasteiger partial charge in [0.15, 0.2) is 5.69 Å². The quantitative estimate of drug-likeness (QED) is 0.600. The van der Waals surface area contributed by atoms with E-state index in [2.05, 4.69) is 31.5 Å². The first kappa shape index (κ1) is 21.7. The fourth-order valence-electron chi connectivity index (χ4n) is 3.66. The van der Waals surface area contributed by atoms with Gasteiger partial charge in [0.1, 0.15) is 0 Å². The minimum atomic E-state index is -4.70. The molecule has 1 aromatic heterocycles. The molecule has 2 amide bonds. The highest BCUT2D eigenvalue weighted by Crippen LogP contribution is 2.42. The monoisotopic (exact) mass is 478 g/mol. The molecule has 0 radical (unpaired) electrons. The Bertz CT molecular complexity index is 831. The van der Waals surface area contributed by atoms with Crippen LogP contribution in [0.2, 0.25) is 0 Å². The molecule has 3 rings (SSSR count). The number of anilines is 1. The molecule has 7 nitrogen and oxygen atoms in total. The molecule has 1 aliphatic heterocycles. The number of carboxylic acid groups (broad SMARTS) is 1. The van der Waals surface area contributed by atoms with E-state index in [0.717, 1.165) is 19.0 Å². The topological polar surface area (TPSA) is 94.6 Å². The van der Waals surface area contributed by atoms with Crippen molar-refractivity contribution in [1.82, 2.24) is 15.6 Å². The number of hydrogen-bond acceptors (Lipinski definition) is 4. The van der Waals surface area contributed by atoms with Gasteiger partial charge in [-0.25, -0.2) is 9.78 Å². The van der Waals surface area contributed by atoms with Crippen molar-refractivity contribution in [3.8, 4) is 0 Å². The number of aromatic nitrogens is 1. The zero-order valence-corrected chi connectivity index (χ0v) is 17.5. The molecule has 0 spiro atoms. The van der Waals surface area contributed by atoms with Crippen LogP contribution in [0.15, 0.2) is 10.7 Å². The van der Waals surface area contributed by atoms with Crippen molar-refractivity contribution in [3.63, 3.8) is 0 Å². The van der Waals surface area contributed by atoms with E-state index in [1.54, 1.807) is 11.8 Å². The van der Waals surface area contributed by atoms with Crippen LogP contribution in [0.25, 0.3) is 0 Å². The third-order valence-electron chi connectivity index (χ3n) is 5.39. The predicted molar refractivity (Wildman–Crippen MR) is 103 cm³/mol. The molecule has 2 fully saturated rings. The number of rotatable bonds is 5. The molecule has 29 heavy (non-hydrogen) atoms. The summed E-state index contributed by atoms with van der Waals surface area (Å²) in [7, 11) is 0. The molecule has 1 aliphatic carbocycles. The van der Waals surface area contributed by atoms with Crippen LogP contribution in [0.4, 0.5) is 23.7 Å². The molecule has 2 heterocycles. The van der Waals surface area contributed by atoms with Crippen molar-refractivity contribution in [2.75, 3.05) is 18.0 Å². The average molecular weight is 479 g/mol. The minimum absolute atomic E-state index is 0.0250. The summed E-state index contributed by atoms with van der Waals surface area (Å²) < 4.78 is 39.9. The van der Waals surface area contributed by atoms with Gasteiger partial charge in [-0.1, -0.05) is 0 Å². The first-order chi connectivity index (χ1) is 13.4. The average Bonchev–Trinajstić information content (AvgIpc) is 3.36. The molecule has 0 aromatic carbocycles. The second kappa shape index (κ2) is 7.66. The van der Waals surface area contributed by atoms with Crippen LogP contribution in [0.5, 0.6) is 0 Å². The summed E-state index contributed by atoms with van der Waals surface area (Å²) in [6, 6.07) is -0.0889. The molecule has 160 valence electrons. The maximum atomic E-state index is 13.4. The summed E-state index contributed by atoms with van der Waals surface area (Å²) >= 11 is 3.00. The van der Waals surface area contributed by atoms with Crippen molar-refractivity contribution in [2.24, 2.45) is 5.92 Å². The van der Waals surface area contributed by atoms with E-state index in [1.807, 2.05) is 6.92 Å². The number of halogens is 4. The number of nitrogens with zero attached hydrogens (tertiary/aromatic N) is 2. The van der Waals surface area contributed by atoms with Crippen LogP contribution in [0.3, 0.4) is 0 Å². The van der Waals surface area contributed by atoms with Crippen molar-refractivity contribution in [3.05, 3.63) is 21.9 Å². The molecule has 2 atom stereocenters. The van der Waals surface area contributed by atoms with Gasteiger partial charge in [0.25, 0.3) is 5.91 Å². The van der Waals surface area contributed by atoms with Gasteiger partial charge in [-0.2, -0.15) is 13.2 Å². The third-order valence-corrected chi connectivity index (χ3v) is 6.14. The Balaban J connectivity index is 1.97. The fourth-order valence-corrected chi connectivity index (χ4v) is 4.45. The van der Waals surface area contributed by atoms with E-state index < -0.39 is 29.4 Å². The Morgan fingerprint density at radius 3 is 2.62 bits per heavy atom. The standard InChI is InChI=1S/C18H22BrF3N4O3/c1-9(10-3-4-10)24-15(27)11-7-23-14(18(20,21)22)12(19)13(11)26-6-5-17(2,8-26)25-16(28)29/h7,9-10,25H,3-6,8H2,1-2H3,(H,24,27)(H,28,29)/t9-,17-/m0/s1. The number of amides is 2. The predicted octanol–water partition coefficient (Wildman–Crippen LogP) is 3.63. The maximum Gasteiger partial charge on any atom is 0.434 e. The highest BCUT2D eigenvalue weighted by molar-refractivity contribution is 9.10. The SMILES string of the molecule is C[C@H](NC(=O)c1cnc(C(F)(F)F)c(Br)c1N1CC[C@](C)(NC(=O)O)C1)C1CC1. The summed E-state index contributed by atoms with van der Waals surface area (Å²) in [5.41, 5.74) is -1.87. The zero-order valence-electron chi connectivity index (χ0n) is 15.9. The summed E-state index contributed by atoms with van der Waals surface area (Å²) in [4.78, 5) is 29.0. The first-order valence-electron chi connectivity index (χ1n) is 9.24. The minimum Gasteiger partial charge on any atom is -0.465 e. The highest BCUT2D eigenvalue weighted by atomic mass is 79.9. The van der Waals surface area contributed by atoms with Crippen LogP contribution >= 0.6 is 15.9 Å². The number of hydrogen-bond donors (Lipinski definition) is 3. The maximum absolute atomic E-state index is 13.4. The smallest absolute Gasteiger partial charge is 0.434 e. The molecular formula is C18H22BrF3N4O3. The molecular weight excluding hydrogens is 457 g/mol. The normalized spacial score (nSPS) is 23.0. The zero-order chi connectivity index (χ0) is 21.6. The van der Waals surface area contributed by atoms with Crippen LogP contribution < -0.4 is 15.5 Å². The van der Waals surface area contributed by atoms with Crippen LogP contribution in [0, 0.1) is 5.92 Å². The second-order valence-corrected chi connectivity index (χ2v) is 8.74. The van der Waals surface area contributed by atoms with E-state index in [1.165, 1.54) is 0 Å². The van der Waals surface area contributed by atoms with Crippen LogP contribution in [-0.4, -0.2) is 46.8 Å². The largest absolute Gasteiger partial charge is 0.465 e. The van der Waals surface area contributed by atoms with Crippen LogP contribution in [0.1, 0.15) is 49.2 Å². The van der Waals surface area contributed by atoms with Crippen molar-refractivity contribution in [2.45, 2.75) is 50.9 Å². The van der Waals surface area contributed by atoms with E-state index in [9.17, 15) is 22.8 Å². The molecule has 11 heteroatoms. The summed E-state index contributed by atoms with van der Waals surface area (Å²) in [5.74, 6) is -0.121. The lowest BCUT2D eigenvalue weighted by Crippen LogP contribution is -2.47.